The van der Waals surface area contributed by atoms with Crippen molar-refractivity contribution in [3.63, 3.8) is 0 Å². The molecule has 4 rings (SSSR count). The number of aliphatic hydroxyl groups is 4. The van der Waals surface area contributed by atoms with E-state index in [1.54, 1.807) is 18.3 Å². The van der Waals surface area contributed by atoms with E-state index in [2.05, 4.69) is 9.68 Å². The summed E-state index contributed by atoms with van der Waals surface area (Å²) in [4.78, 5) is 79.4. The van der Waals surface area contributed by atoms with Crippen molar-refractivity contribution < 1.29 is 68.6 Å². The van der Waals surface area contributed by atoms with Gasteiger partial charge < -0.3 is 35.3 Å². The molecule has 4 aliphatic rings. The summed E-state index contributed by atoms with van der Waals surface area (Å²) in [5.74, 6) is -6.26. The molecular weight excluding hydrogens is 625 g/mol. The number of Topliss-reactive ketones (excluding diaryl/α,β-unsaturated/α-hetero) is 1. The van der Waals surface area contributed by atoms with Gasteiger partial charge in [0.05, 0.1) is 18.8 Å². The van der Waals surface area contributed by atoms with E-state index in [-0.39, 0.29) is 25.0 Å². The maximum absolute atomic E-state index is 17.2. The fraction of sp³-hybridized carbons (Fsp3) is 0.704. The molecule has 0 heterocycles. The van der Waals surface area contributed by atoms with Gasteiger partial charge in [-0.2, -0.15) is 0 Å². The molecule has 19 heteroatoms. The number of esters is 1. The standard InChI is InChI=1S/C27H34FN3O15/c1-24-6-5-14(33)7-13(24)3-4-15-16-8-19(34)27(39,25(16,2)9-20(35)26(15,24)28)21(36)12-44-23(38)17(10-32)29-22(37)18(46-31(42)43)11-45-30(40)41/h3,5-6,15-20,32,34-35,39H,4,7-12H2,1-2H3,(H,29,37)/t15-,16-,17?,18?,19+,20-,24-,25-,26-,27-/m0/s1. The van der Waals surface area contributed by atoms with E-state index >= 15 is 4.39 Å². The molecule has 46 heavy (non-hydrogen) atoms. The first-order valence-corrected chi connectivity index (χ1v) is 14.2. The highest BCUT2D eigenvalue weighted by atomic mass is 19.1. The molecule has 5 N–H and O–H groups in total. The van der Waals surface area contributed by atoms with Gasteiger partial charge in [-0.3, -0.25) is 19.2 Å². The van der Waals surface area contributed by atoms with Gasteiger partial charge in [0.2, 0.25) is 11.9 Å². The van der Waals surface area contributed by atoms with Crippen LogP contribution < -0.4 is 5.32 Å². The van der Waals surface area contributed by atoms with Crippen molar-refractivity contribution in [3.05, 3.63) is 44.0 Å². The number of aliphatic hydroxyl groups excluding tert-OH is 3. The molecule has 18 nitrogen and oxygen atoms in total. The predicted octanol–water partition coefficient (Wildman–Crippen LogP) is -1.57. The van der Waals surface area contributed by atoms with E-state index < -0.39 is 112 Å². The molecule has 4 aliphatic carbocycles. The van der Waals surface area contributed by atoms with Crippen molar-refractivity contribution in [3.8, 4) is 0 Å². The molecule has 2 fully saturated rings. The van der Waals surface area contributed by atoms with Crippen LogP contribution in [0.2, 0.25) is 0 Å². The third-order valence-electron chi connectivity index (χ3n) is 10.2. The number of ketones is 2. The molecule has 254 valence electrons. The Balaban J connectivity index is 1.50. The number of halogens is 1. The van der Waals surface area contributed by atoms with E-state index in [9.17, 15) is 59.8 Å². The van der Waals surface area contributed by atoms with Crippen molar-refractivity contribution in [2.24, 2.45) is 22.7 Å². The van der Waals surface area contributed by atoms with Crippen LogP contribution in [0.5, 0.6) is 0 Å². The van der Waals surface area contributed by atoms with Crippen molar-refractivity contribution in [1.82, 2.24) is 5.32 Å². The summed E-state index contributed by atoms with van der Waals surface area (Å²) in [5, 5.41) is 63.8. The number of nitrogens with one attached hydrogen (secondary N) is 1. The number of alkyl halides is 1. The van der Waals surface area contributed by atoms with E-state index in [1.807, 2.05) is 0 Å². The minimum Gasteiger partial charge on any atom is -0.456 e. The summed E-state index contributed by atoms with van der Waals surface area (Å²) in [6.45, 7) is -0.660. The zero-order chi connectivity index (χ0) is 34.4. The van der Waals surface area contributed by atoms with Gasteiger partial charge in [-0.1, -0.05) is 24.6 Å². The Bertz CT molecular complexity index is 1390. The van der Waals surface area contributed by atoms with Gasteiger partial charge in [-0.25, -0.2) is 9.18 Å². The van der Waals surface area contributed by atoms with Gasteiger partial charge in [-0.15, -0.1) is 20.2 Å². The number of hydrogen-bond acceptors (Lipinski definition) is 15. The smallest absolute Gasteiger partial charge is 0.331 e. The molecule has 2 unspecified atom stereocenters. The minimum atomic E-state index is -2.65. The van der Waals surface area contributed by atoms with Crippen LogP contribution in [-0.4, -0.2) is 109 Å². The van der Waals surface area contributed by atoms with Gasteiger partial charge in [0, 0.05) is 23.2 Å². The number of carbonyl (C=O) groups is 4. The summed E-state index contributed by atoms with van der Waals surface area (Å²) in [6.07, 6.45) is -2.09. The van der Waals surface area contributed by atoms with Gasteiger partial charge >= 0.3 is 5.97 Å². The summed E-state index contributed by atoms with van der Waals surface area (Å²) in [6, 6.07) is -1.97. The summed E-state index contributed by atoms with van der Waals surface area (Å²) >= 11 is 0. The number of rotatable bonds is 12. The SMILES string of the molecule is C[C@]12C=CC(=O)CC1=CC[C@H]1[C@@H]3C[C@@H](O)[C@](O)(C(=O)COC(=O)C(CO)NC(=O)C(CO[N+](=O)[O-])O[N+](=O)[O-])[C@@]3(C)C[C@H](O)[C@@]12F. The topological polar surface area (TPSA) is 275 Å². The fourth-order valence-corrected chi connectivity index (χ4v) is 7.81. The molecule has 0 aromatic carbocycles. The molecule has 0 saturated heterocycles. The second-order valence-electron chi connectivity index (χ2n) is 12.4. The molecule has 10 atom stereocenters. The van der Waals surface area contributed by atoms with Gasteiger partial charge in [0.25, 0.3) is 16.1 Å². The fourth-order valence-electron chi connectivity index (χ4n) is 7.81. The van der Waals surface area contributed by atoms with Crippen LogP contribution in [-0.2, 0) is 33.6 Å². The van der Waals surface area contributed by atoms with Crippen molar-refractivity contribution in [1.29, 1.82) is 0 Å². The lowest BCUT2D eigenvalue weighted by Gasteiger charge is -2.61. The van der Waals surface area contributed by atoms with E-state index in [1.165, 1.54) is 19.1 Å². The van der Waals surface area contributed by atoms with Crippen LogP contribution in [0, 0.1) is 42.9 Å². The van der Waals surface area contributed by atoms with Crippen LogP contribution in [0.4, 0.5) is 4.39 Å². The molecule has 0 aromatic rings. The second kappa shape index (κ2) is 12.3. The Morgan fingerprint density at radius 1 is 1.15 bits per heavy atom. The van der Waals surface area contributed by atoms with Crippen LogP contribution in [0.3, 0.4) is 0 Å². The molecular formula is C27H34FN3O15. The summed E-state index contributed by atoms with van der Waals surface area (Å²) < 4.78 is 22.1. The lowest BCUT2D eigenvalue weighted by molar-refractivity contribution is -0.786. The van der Waals surface area contributed by atoms with Gasteiger partial charge in [-0.05, 0) is 38.2 Å². The maximum Gasteiger partial charge on any atom is 0.331 e. The number of allylic oxidation sites excluding steroid dienone is 4. The molecule has 0 bridgehead atoms. The summed E-state index contributed by atoms with van der Waals surface area (Å²) in [5.41, 5.74) is -7.44. The van der Waals surface area contributed by atoms with Crippen molar-refractivity contribution in [2.45, 2.75) is 75.2 Å². The van der Waals surface area contributed by atoms with Gasteiger partial charge in [0.1, 0.15) is 6.61 Å². The normalized spacial score (nSPS) is 37.4. The Labute approximate surface area is 259 Å². The third-order valence-corrected chi connectivity index (χ3v) is 10.2. The zero-order valence-electron chi connectivity index (χ0n) is 24.7. The number of carbonyl (C=O) groups excluding carboxylic acids is 4. The Hall–Kier alpha value is -4.07. The number of nitrogens with zero attached hydrogens (tertiary/aromatic N) is 2. The Morgan fingerprint density at radius 3 is 2.43 bits per heavy atom. The number of amides is 1. The molecule has 0 aliphatic heterocycles. The molecule has 0 radical (unpaired) electrons. The van der Waals surface area contributed by atoms with E-state index in [4.69, 9.17) is 4.74 Å². The van der Waals surface area contributed by atoms with Crippen LogP contribution >= 0.6 is 0 Å². The van der Waals surface area contributed by atoms with Crippen LogP contribution in [0.1, 0.15) is 39.5 Å². The van der Waals surface area contributed by atoms with E-state index in [0.717, 1.165) is 0 Å². The second-order valence-corrected chi connectivity index (χ2v) is 12.4. The first kappa shape index (κ1) is 34.8. The maximum atomic E-state index is 17.2. The first-order valence-electron chi connectivity index (χ1n) is 14.2. The molecule has 0 aromatic heterocycles. The average molecular weight is 660 g/mol. The number of ether oxygens (including phenoxy) is 1. The minimum absolute atomic E-state index is 0.0260. The van der Waals surface area contributed by atoms with Crippen LogP contribution in [0.15, 0.2) is 23.8 Å². The summed E-state index contributed by atoms with van der Waals surface area (Å²) in [7, 11) is 0. The number of hydrogen-bond donors (Lipinski definition) is 5. The Kier molecular flexibility index (Phi) is 9.28. The van der Waals surface area contributed by atoms with E-state index in [0.29, 0.717) is 5.57 Å². The lowest BCUT2D eigenvalue weighted by atomic mass is 9.45. The van der Waals surface area contributed by atoms with Crippen molar-refractivity contribution >= 4 is 23.4 Å². The van der Waals surface area contributed by atoms with Gasteiger partial charge in [0.15, 0.2) is 29.7 Å². The highest BCUT2D eigenvalue weighted by Gasteiger charge is 2.76. The highest BCUT2D eigenvalue weighted by molar-refractivity contribution is 5.94. The van der Waals surface area contributed by atoms with Crippen molar-refractivity contribution in [2.75, 3.05) is 19.8 Å². The molecule has 1 amide bonds. The lowest BCUT2D eigenvalue weighted by Crippen LogP contribution is -2.69. The largest absolute Gasteiger partial charge is 0.456 e. The third kappa shape index (κ3) is 5.39. The zero-order valence-corrected chi connectivity index (χ0v) is 24.7. The molecule has 2 saturated carbocycles. The molecule has 0 spiro atoms. The number of fused-ring (bicyclic) bond motifs is 5. The Morgan fingerprint density at radius 2 is 1.83 bits per heavy atom. The monoisotopic (exact) mass is 659 g/mol. The highest BCUT2D eigenvalue weighted by Crippen LogP contribution is 2.69. The predicted molar refractivity (Wildman–Crippen MR) is 144 cm³/mol. The first-order chi connectivity index (χ1) is 21.4. The quantitative estimate of drug-likeness (QED) is 0.0685. The average Bonchev–Trinajstić information content (AvgIpc) is 3.18. The van der Waals surface area contributed by atoms with Crippen LogP contribution in [0.25, 0.3) is 0 Å².